The maximum Gasteiger partial charge on any atom is 0.163 e. The molecule has 0 aromatic heterocycles. The van der Waals surface area contributed by atoms with Crippen LogP contribution in [0.15, 0.2) is 46.9 Å². The first kappa shape index (κ1) is 15.5. The van der Waals surface area contributed by atoms with Crippen molar-refractivity contribution in [2.45, 2.75) is 6.92 Å². The number of carbonyl (C=O) groups is 1. The number of halogens is 2. The zero-order valence-corrected chi connectivity index (χ0v) is 13.0. The molecule has 3 nitrogen and oxygen atoms in total. The molecule has 21 heavy (non-hydrogen) atoms. The van der Waals surface area contributed by atoms with Crippen LogP contribution in [0.1, 0.15) is 17.3 Å². The Morgan fingerprint density at radius 1 is 1.14 bits per heavy atom. The summed E-state index contributed by atoms with van der Waals surface area (Å²) in [5.41, 5.74) is 0.533. The van der Waals surface area contributed by atoms with E-state index in [0.717, 1.165) is 0 Å². The molecule has 0 heterocycles. The lowest BCUT2D eigenvalue weighted by Crippen LogP contribution is -2.10. The van der Waals surface area contributed by atoms with E-state index in [1.807, 2.05) is 0 Å². The van der Waals surface area contributed by atoms with Crippen molar-refractivity contribution < 1.29 is 18.7 Å². The fourth-order valence-electron chi connectivity index (χ4n) is 1.81. The second-order valence-electron chi connectivity index (χ2n) is 4.35. The van der Waals surface area contributed by atoms with Gasteiger partial charge in [-0.1, -0.05) is 28.1 Å². The van der Waals surface area contributed by atoms with Crippen LogP contribution in [0.2, 0.25) is 0 Å². The quantitative estimate of drug-likeness (QED) is 0.575. The van der Waals surface area contributed by atoms with Gasteiger partial charge in [0.05, 0.1) is 5.56 Å². The molecule has 0 aliphatic heterocycles. The van der Waals surface area contributed by atoms with Gasteiger partial charge in [-0.25, -0.2) is 4.39 Å². The molecule has 0 amide bonds. The highest BCUT2D eigenvalue weighted by molar-refractivity contribution is 9.10. The lowest BCUT2D eigenvalue weighted by Gasteiger charge is -2.11. The Labute approximate surface area is 130 Å². The van der Waals surface area contributed by atoms with Crippen LogP contribution in [0.25, 0.3) is 0 Å². The standard InChI is InChI=1S/C16H14BrFO3/c1-11(19)15-4-2-3-5-16(15)21-7-6-20-14-9-12(17)8-13(18)10-14/h2-5,8-10H,6-7H2,1H3. The molecule has 0 aliphatic rings. The van der Waals surface area contributed by atoms with Gasteiger partial charge in [0.2, 0.25) is 0 Å². The topological polar surface area (TPSA) is 35.5 Å². The highest BCUT2D eigenvalue weighted by Crippen LogP contribution is 2.21. The number of Topliss-reactive ketones (excluding diaryl/α,β-unsaturated/α-hetero) is 1. The number of rotatable bonds is 6. The first-order valence-electron chi connectivity index (χ1n) is 6.38. The number of para-hydroxylation sites is 1. The van der Waals surface area contributed by atoms with Crippen molar-refractivity contribution >= 4 is 21.7 Å². The van der Waals surface area contributed by atoms with Crippen LogP contribution < -0.4 is 9.47 Å². The van der Waals surface area contributed by atoms with Crippen LogP contribution >= 0.6 is 15.9 Å². The molecule has 0 bridgehead atoms. The maximum atomic E-state index is 13.2. The smallest absolute Gasteiger partial charge is 0.163 e. The zero-order valence-electron chi connectivity index (χ0n) is 11.4. The lowest BCUT2D eigenvalue weighted by atomic mass is 10.1. The van der Waals surface area contributed by atoms with Gasteiger partial charge in [0.15, 0.2) is 5.78 Å². The fraction of sp³-hybridized carbons (Fsp3) is 0.188. The molecule has 0 saturated heterocycles. The summed E-state index contributed by atoms with van der Waals surface area (Å²) >= 11 is 3.20. The third kappa shape index (κ3) is 4.56. The van der Waals surface area contributed by atoms with Crippen molar-refractivity contribution in [1.29, 1.82) is 0 Å². The van der Waals surface area contributed by atoms with Gasteiger partial charge in [-0.15, -0.1) is 0 Å². The SMILES string of the molecule is CC(=O)c1ccccc1OCCOc1cc(F)cc(Br)c1. The summed E-state index contributed by atoms with van der Waals surface area (Å²) < 4.78 is 24.7. The minimum atomic E-state index is -0.373. The molecule has 0 aliphatic carbocycles. The highest BCUT2D eigenvalue weighted by atomic mass is 79.9. The largest absolute Gasteiger partial charge is 0.490 e. The number of hydrogen-bond donors (Lipinski definition) is 0. The van der Waals surface area contributed by atoms with E-state index in [9.17, 15) is 9.18 Å². The molecule has 110 valence electrons. The van der Waals surface area contributed by atoms with E-state index in [-0.39, 0.29) is 24.8 Å². The van der Waals surface area contributed by atoms with Gasteiger partial charge in [0.1, 0.15) is 30.5 Å². The molecular weight excluding hydrogens is 339 g/mol. The molecule has 0 atom stereocenters. The van der Waals surface area contributed by atoms with Crippen molar-refractivity contribution in [3.63, 3.8) is 0 Å². The van der Waals surface area contributed by atoms with E-state index in [1.54, 1.807) is 30.3 Å². The van der Waals surface area contributed by atoms with Crippen molar-refractivity contribution in [3.8, 4) is 11.5 Å². The molecule has 2 aromatic carbocycles. The molecule has 0 radical (unpaired) electrons. The van der Waals surface area contributed by atoms with Crippen LogP contribution in [-0.2, 0) is 0 Å². The van der Waals surface area contributed by atoms with Crippen LogP contribution in [-0.4, -0.2) is 19.0 Å². The summed E-state index contributed by atoms with van der Waals surface area (Å²) in [5.74, 6) is 0.516. The van der Waals surface area contributed by atoms with Gasteiger partial charge in [-0.05, 0) is 31.2 Å². The van der Waals surface area contributed by atoms with Crippen molar-refractivity contribution in [3.05, 3.63) is 58.3 Å². The summed E-state index contributed by atoms with van der Waals surface area (Å²) in [7, 11) is 0. The van der Waals surface area contributed by atoms with E-state index in [4.69, 9.17) is 9.47 Å². The minimum Gasteiger partial charge on any atom is -0.490 e. The normalized spacial score (nSPS) is 10.2. The minimum absolute atomic E-state index is 0.0550. The number of benzene rings is 2. The van der Waals surface area contributed by atoms with E-state index in [1.165, 1.54) is 19.1 Å². The molecule has 5 heteroatoms. The average Bonchev–Trinajstić information content (AvgIpc) is 2.43. The molecule has 0 N–H and O–H groups in total. The zero-order chi connectivity index (χ0) is 15.2. The summed E-state index contributed by atoms with van der Waals surface area (Å²) in [4.78, 5) is 11.4. The first-order chi connectivity index (χ1) is 10.1. The van der Waals surface area contributed by atoms with Gasteiger partial charge in [-0.2, -0.15) is 0 Å². The van der Waals surface area contributed by atoms with Crippen molar-refractivity contribution in [2.24, 2.45) is 0 Å². The van der Waals surface area contributed by atoms with Crippen LogP contribution in [0.3, 0.4) is 0 Å². The predicted molar refractivity (Wildman–Crippen MR) is 81.5 cm³/mol. The van der Waals surface area contributed by atoms with Gasteiger partial charge in [0.25, 0.3) is 0 Å². The second kappa shape index (κ2) is 7.22. The Kier molecular flexibility index (Phi) is 5.33. The Morgan fingerprint density at radius 3 is 2.57 bits per heavy atom. The summed E-state index contributed by atoms with van der Waals surface area (Å²) in [5, 5.41) is 0. The molecular formula is C16H14BrFO3. The second-order valence-corrected chi connectivity index (χ2v) is 5.27. The van der Waals surface area contributed by atoms with Crippen molar-refractivity contribution in [2.75, 3.05) is 13.2 Å². The molecule has 0 saturated carbocycles. The van der Waals surface area contributed by atoms with Gasteiger partial charge < -0.3 is 9.47 Å². The third-order valence-electron chi connectivity index (χ3n) is 2.71. The van der Waals surface area contributed by atoms with E-state index in [2.05, 4.69) is 15.9 Å². The monoisotopic (exact) mass is 352 g/mol. The number of carbonyl (C=O) groups excluding carboxylic acids is 1. The Hall–Kier alpha value is -1.88. The fourth-order valence-corrected chi connectivity index (χ4v) is 2.25. The van der Waals surface area contributed by atoms with Crippen LogP contribution in [0.5, 0.6) is 11.5 Å². The number of hydrogen-bond acceptors (Lipinski definition) is 3. The van der Waals surface area contributed by atoms with Gasteiger partial charge >= 0.3 is 0 Å². The van der Waals surface area contributed by atoms with Gasteiger partial charge in [-0.3, -0.25) is 4.79 Å². The Morgan fingerprint density at radius 2 is 1.86 bits per heavy atom. The maximum absolute atomic E-state index is 13.2. The molecule has 2 rings (SSSR count). The Balaban J connectivity index is 1.89. The third-order valence-corrected chi connectivity index (χ3v) is 3.17. The lowest BCUT2D eigenvalue weighted by molar-refractivity contribution is 0.101. The van der Waals surface area contributed by atoms with Gasteiger partial charge in [0, 0.05) is 10.5 Å². The molecule has 0 spiro atoms. The van der Waals surface area contributed by atoms with Crippen LogP contribution in [0.4, 0.5) is 4.39 Å². The van der Waals surface area contributed by atoms with E-state index in [0.29, 0.717) is 21.5 Å². The predicted octanol–water partition coefficient (Wildman–Crippen LogP) is 4.25. The summed E-state index contributed by atoms with van der Waals surface area (Å²) in [6, 6.07) is 11.3. The highest BCUT2D eigenvalue weighted by Gasteiger charge is 2.07. The van der Waals surface area contributed by atoms with Crippen molar-refractivity contribution in [1.82, 2.24) is 0 Å². The number of ether oxygens (including phenoxy) is 2. The first-order valence-corrected chi connectivity index (χ1v) is 7.17. The average molecular weight is 353 g/mol. The molecule has 0 unspecified atom stereocenters. The van der Waals surface area contributed by atoms with E-state index >= 15 is 0 Å². The number of ketones is 1. The van der Waals surface area contributed by atoms with E-state index < -0.39 is 0 Å². The summed E-state index contributed by atoms with van der Waals surface area (Å²) in [6.45, 7) is 2.00. The molecule has 0 fully saturated rings. The Bertz CT molecular complexity index is 623. The molecule has 2 aromatic rings. The van der Waals surface area contributed by atoms with Crippen LogP contribution in [0, 0.1) is 5.82 Å². The summed E-state index contributed by atoms with van der Waals surface area (Å²) in [6.07, 6.45) is 0.